The minimum atomic E-state index is -11.2. The van der Waals surface area contributed by atoms with Crippen molar-refractivity contribution < 1.29 is 16.9 Å². The molecule has 0 fully saturated rings. The molecule has 0 bridgehead atoms. The monoisotopic (exact) mass is 714 g/mol. The summed E-state index contributed by atoms with van der Waals surface area (Å²) < 4.78 is 59.6. The van der Waals surface area contributed by atoms with E-state index in [0.29, 0.717) is 0 Å². The van der Waals surface area contributed by atoms with E-state index in [0.717, 1.165) is 0 Å². The van der Waals surface area contributed by atoms with Crippen LogP contribution in [0, 0.1) is 0 Å². The predicted molar refractivity (Wildman–Crippen MR) is 155 cm³/mol. The first-order valence-electron chi connectivity index (χ1n) is 11.8. The van der Waals surface area contributed by atoms with Gasteiger partial charge in [0, 0.05) is 19.6 Å². The molecule has 0 nitrogen and oxygen atoms in total. The first-order chi connectivity index (χ1) is 18.8. The van der Waals surface area contributed by atoms with Gasteiger partial charge < -0.3 is 0 Å². The SMILES string of the molecule is [F][Sb-]([F])([F])([F])([F])[F].c1ccc(Sc2ccc([S+](c3ccccc3)c3ccc(Sc4ccccc4)cc3)cc2)cc1. The van der Waals surface area contributed by atoms with Crippen LogP contribution in [0.4, 0.5) is 16.9 Å². The Balaban J connectivity index is 0.000000470. The standard InChI is InChI=1S/C30H23S3.6FH.Sb/c1-4-10-24(11-5-1)31-26-16-20-29(21-17-26)33(28-14-8-3-9-15-28)30-22-18-27(19-23-30)32-25-12-6-2-7-13-25;;;;;;;/h1-23H;6*1H;/q+1;;;;;;;+5/p-6. The molecule has 0 aromatic heterocycles. The molecule has 0 aliphatic carbocycles. The molecule has 0 unspecified atom stereocenters. The second-order valence-electron chi connectivity index (χ2n) is 8.35. The van der Waals surface area contributed by atoms with Crippen molar-refractivity contribution in [1.82, 2.24) is 0 Å². The molecule has 0 spiro atoms. The number of hydrogen-bond acceptors (Lipinski definition) is 2. The smallest absolute Gasteiger partial charge is 0.0901 e. The van der Waals surface area contributed by atoms with Gasteiger partial charge in [-0.2, -0.15) is 0 Å². The van der Waals surface area contributed by atoms with Gasteiger partial charge in [-0.1, -0.05) is 78.1 Å². The van der Waals surface area contributed by atoms with Crippen LogP contribution >= 0.6 is 23.5 Å². The largest absolute Gasteiger partial charge is 0.166 e. The third-order valence-corrected chi connectivity index (χ3v) is 9.32. The van der Waals surface area contributed by atoms with Crippen LogP contribution in [0.1, 0.15) is 0 Å². The molecule has 0 atom stereocenters. The first-order valence-corrected chi connectivity index (χ1v) is 20.5. The van der Waals surface area contributed by atoms with Crippen LogP contribution in [-0.2, 0) is 10.9 Å². The van der Waals surface area contributed by atoms with Gasteiger partial charge in [0.2, 0.25) is 0 Å². The maximum Gasteiger partial charge on any atom is 0.166 e. The van der Waals surface area contributed by atoms with Crippen molar-refractivity contribution >= 4 is 53.9 Å². The zero-order chi connectivity index (χ0) is 28.7. The summed E-state index contributed by atoms with van der Waals surface area (Å²) in [5.74, 6) is 0. The molecular weight excluding hydrogens is 692 g/mol. The van der Waals surface area contributed by atoms with Crippen molar-refractivity contribution in [3.05, 3.63) is 140 Å². The summed E-state index contributed by atoms with van der Waals surface area (Å²) in [6, 6.07) is 50.0. The summed E-state index contributed by atoms with van der Waals surface area (Å²) in [5, 5.41) is 0. The summed E-state index contributed by atoms with van der Waals surface area (Å²) >= 11 is -7.64. The fourth-order valence-corrected chi connectivity index (χ4v) is 7.24. The van der Waals surface area contributed by atoms with Crippen molar-refractivity contribution in [3.63, 3.8) is 0 Å². The van der Waals surface area contributed by atoms with Crippen molar-refractivity contribution in [1.29, 1.82) is 0 Å². The fourth-order valence-electron chi connectivity index (χ4n) is 3.50. The Morgan fingerprint density at radius 1 is 0.350 bits per heavy atom. The van der Waals surface area contributed by atoms with Gasteiger partial charge >= 0.3 is 36.4 Å². The fraction of sp³-hybridized carbons (Fsp3) is 0. The molecule has 0 saturated carbocycles. The third-order valence-electron chi connectivity index (χ3n) is 5.06. The average molecular weight is 715 g/mol. The second kappa shape index (κ2) is 12.2. The second-order valence-corrected chi connectivity index (χ2v) is 18.1. The quantitative estimate of drug-likeness (QED) is 0.0935. The van der Waals surface area contributed by atoms with Crippen LogP contribution in [-0.4, -0.2) is 19.5 Å². The van der Waals surface area contributed by atoms with Crippen molar-refractivity contribution in [2.45, 2.75) is 34.3 Å². The topological polar surface area (TPSA) is 0 Å². The van der Waals surface area contributed by atoms with Gasteiger partial charge in [0.05, 0.1) is 10.9 Å². The predicted octanol–water partition coefficient (Wildman–Crippen LogP) is 11.2. The van der Waals surface area contributed by atoms with Gasteiger partial charge in [0.15, 0.2) is 14.7 Å². The summed E-state index contributed by atoms with van der Waals surface area (Å²) in [7, 11) is -0.143. The van der Waals surface area contributed by atoms with Gasteiger partial charge in [-0.3, -0.25) is 0 Å². The van der Waals surface area contributed by atoms with Crippen LogP contribution in [0.5, 0.6) is 0 Å². The third kappa shape index (κ3) is 11.2. The summed E-state index contributed by atoms with van der Waals surface area (Å²) in [6.45, 7) is 0. The number of benzene rings is 5. The maximum absolute atomic E-state index is 11.2. The number of halogens is 6. The van der Waals surface area contributed by atoms with E-state index in [4.69, 9.17) is 0 Å². The van der Waals surface area contributed by atoms with E-state index < -0.39 is 19.5 Å². The zero-order valence-electron chi connectivity index (χ0n) is 20.7. The van der Waals surface area contributed by atoms with E-state index >= 15 is 0 Å². The van der Waals surface area contributed by atoms with E-state index in [1.807, 2.05) is 0 Å². The van der Waals surface area contributed by atoms with Crippen molar-refractivity contribution in [2.75, 3.05) is 0 Å². The molecule has 5 rings (SSSR count). The molecule has 0 radical (unpaired) electrons. The zero-order valence-corrected chi connectivity index (χ0v) is 25.7. The Hall–Kier alpha value is -2.45. The molecule has 208 valence electrons. The Morgan fingerprint density at radius 2 is 0.600 bits per heavy atom. The van der Waals surface area contributed by atoms with Crippen molar-refractivity contribution in [2.24, 2.45) is 0 Å². The van der Waals surface area contributed by atoms with Crippen LogP contribution in [0.25, 0.3) is 0 Å². The normalized spacial score (nSPS) is 13.1. The molecule has 10 heteroatoms. The minimum Gasteiger partial charge on any atom is -0.0901 e. The van der Waals surface area contributed by atoms with E-state index in [1.165, 1.54) is 34.3 Å². The number of hydrogen-bond donors (Lipinski definition) is 0. The molecule has 0 N–H and O–H groups in total. The Labute approximate surface area is 243 Å². The Morgan fingerprint density at radius 3 is 0.925 bits per heavy atom. The Bertz CT molecular complexity index is 1400. The van der Waals surface area contributed by atoms with Gasteiger partial charge in [-0.05, 0) is 84.9 Å². The van der Waals surface area contributed by atoms with Gasteiger partial charge in [0.25, 0.3) is 0 Å². The molecular formula is C30H23F6S3Sb. The molecule has 0 saturated heterocycles. The molecule has 0 amide bonds. The van der Waals surface area contributed by atoms with Crippen molar-refractivity contribution in [3.8, 4) is 0 Å². The van der Waals surface area contributed by atoms with Crippen LogP contribution in [0.3, 0.4) is 0 Å². The summed E-state index contributed by atoms with van der Waals surface area (Å²) in [5.41, 5.74) is 0. The van der Waals surface area contributed by atoms with Gasteiger partial charge in [-0.25, -0.2) is 0 Å². The Kier molecular flexibility index (Phi) is 9.30. The van der Waals surface area contributed by atoms with Gasteiger partial charge in [0.1, 0.15) is 0 Å². The van der Waals surface area contributed by atoms with Crippen LogP contribution < -0.4 is 0 Å². The van der Waals surface area contributed by atoms with Gasteiger partial charge in [-0.15, -0.1) is 0 Å². The molecule has 5 aromatic carbocycles. The molecule has 0 aliphatic heterocycles. The minimum absolute atomic E-state index is 0.143. The molecule has 0 aliphatic rings. The van der Waals surface area contributed by atoms with E-state index in [2.05, 4.69) is 140 Å². The molecule has 5 aromatic rings. The molecule has 0 heterocycles. The van der Waals surface area contributed by atoms with E-state index in [-0.39, 0.29) is 10.9 Å². The van der Waals surface area contributed by atoms with Crippen LogP contribution in [0.15, 0.2) is 174 Å². The summed E-state index contributed by atoms with van der Waals surface area (Å²) in [4.78, 5) is 9.05. The molecule has 40 heavy (non-hydrogen) atoms. The van der Waals surface area contributed by atoms with E-state index in [1.54, 1.807) is 23.5 Å². The first kappa shape index (κ1) is 30.5. The van der Waals surface area contributed by atoms with E-state index in [9.17, 15) is 16.9 Å². The summed E-state index contributed by atoms with van der Waals surface area (Å²) in [6.07, 6.45) is 0. The number of rotatable bonds is 7. The van der Waals surface area contributed by atoms with Crippen LogP contribution in [0.2, 0.25) is 0 Å². The maximum atomic E-state index is 9.93. The average Bonchev–Trinajstić information content (AvgIpc) is 2.91.